The Morgan fingerprint density at radius 1 is 1.50 bits per heavy atom. The summed E-state index contributed by atoms with van der Waals surface area (Å²) >= 11 is 0. The lowest BCUT2D eigenvalue weighted by Gasteiger charge is -2.06. The highest BCUT2D eigenvalue weighted by molar-refractivity contribution is 7.57. The minimum absolute atomic E-state index is 0.580. The van der Waals surface area contributed by atoms with Crippen molar-refractivity contribution in [2.75, 3.05) is 14.2 Å². The van der Waals surface area contributed by atoms with Gasteiger partial charge in [-0.05, 0) is 13.3 Å². The minimum Gasteiger partial charge on any atom is -0.309 e. The second kappa shape index (κ2) is 4.67. The predicted molar refractivity (Wildman–Crippen MR) is 40.7 cm³/mol. The molecule has 0 saturated heterocycles. The molecule has 0 rings (SSSR count). The van der Waals surface area contributed by atoms with Crippen LogP contribution >= 0.6 is 7.60 Å². The van der Waals surface area contributed by atoms with Crippen LogP contribution in [0.4, 0.5) is 0 Å². The molecule has 0 saturated carbocycles. The van der Waals surface area contributed by atoms with E-state index in [-0.39, 0.29) is 0 Å². The second-order valence-corrected chi connectivity index (χ2v) is 3.69. The Hall–Kier alpha value is -0.110. The highest BCUT2D eigenvalue weighted by Crippen LogP contribution is 2.47. The van der Waals surface area contributed by atoms with Crippen molar-refractivity contribution in [1.29, 1.82) is 0 Å². The Labute approximate surface area is 61.6 Å². The van der Waals surface area contributed by atoms with Gasteiger partial charge in [0.05, 0.1) is 0 Å². The zero-order valence-corrected chi connectivity index (χ0v) is 7.14. The number of hydrogen-bond acceptors (Lipinski definition) is 3. The maximum absolute atomic E-state index is 11.2. The molecule has 10 heavy (non-hydrogen) atoms. The lowest BCUT2D eigenvalue weighted by Crippen LogP contribution is -1.82. The summed E-state index contributed by atoms with van der Waals surface area (Å²) < 4.78 is 20.4. The molecule has 59 valence electrons. The monoisotopic (exact) mass is 163 g/mol. The zero-order valence-electron chi connectivity index (χ0n) is 6.24. The molecule has 0 aromatic carbocycles. The molecule has 0 aliphatic carbocycles. The molecule has 0 unspecified atom stereocenters. The fourth-order valence-electron chi connectivity index (χ4n) is 0.400. The van der Waals surface area contributed by atoms with Crippen LogP contribution in [0.15, 0.2) is 11.9 Å². The Morgan fingerprint density at radius 3 is 2.30 bits per heavy atom. The van der Waals surface area contributed by atoms with Gasteiger partial charge in [-0.1, -0.05) is 6.08 Å². The highest BCUT2D eigenvalue weighted by Gasteiger charge is 2.14. The molecule has 0 fully saturated rings. The van der Waals surface area contributed by atoms with Gasteiger partial charge in [-0.2, -0.15) is 0 Å². The van der Waals surface area contributed by atoms with Crippen LogP contribution in [0, 0.1) is 6.92 Å². The fourth-order valence-corrected chi connectivity index (χ4v) is 1.20. The Kier molecular flexibility index (Phi) is 4.62. The van der Waals surface area contributed by atoms with Crippen molar-refractivity contribution in [3.8, 4) is 0 Å². The van der Waals surface area contributed by atoms with Gasteiger partial charge in [-0.15, -0.1) is 0 Å². The van der Waals surface area contributed by atoms with E-state index in [0.717, 1.165) is 0 Å². The first-order valence-corrected chi connectivity index (χ1v) is 4.48. The summed E-state index contributed by atoms with van der Waals surface area (Å²) in [4.78, 5) is 0. The summed E-state index contributed by atoms with van der Waals surface area (Å²) in [5, 5.41) is 0. The van der Waals surface area contributed by atoms with E-state index in [1.54, 1.807) is 6.08 Å². The third kappa shape index (κ3) is 3.16. The summed E-state index contributed by atoms with van der Waals surface area (Å²) in [7, 11) is -0.228. The van der Waals surface area contributed by atoms with Crippen molar-refractivity contribution in [3.63, 3.8) is 0 Å². The van der Waals surface area contributed by atoms with Gasteiger partial charge >= 0.3 is 7.60 Å². The summed E-state index contributed by atoms with van der Waals surface area (Å²) in [5.41, 5.74) is 0. The average Bonchev–Trinajstić information content (AvgIpc) is 2.00. The van der Waals surface area contributed by atoms with Crippen LogP contribution in [-0.4, -0.2) is 14.2 Å². The standard InChI is InChI=1S/C6H12O3P/c1-4-5-6-10(7,8-2)9-3/h5-6H,1,4H2,2-3H3. The van der Waals surface area contributed by atoms with Crippen LogP contribution < -0.4 is 0 Å². The second-order valence-electron chi connectivity index (χ2n) is 1.58. The van der Waals surface area contributed by atoms with E-state index >= 15 is 0 Å². The molecular formula is C6H12O3P. The third-order valence-corrected chi connectivity index (χ3v) is 2.56. The molecule has 0 aliphatic rings. The SMILES string of the molecule is [CH2]CC=CP(=O)(OC)OC. The van der Waals surface area contributed by atoms with Gasteiger partial charge in [0, 0.05) is 20.0 Å². The quantitative estimate of drug-likeness (QED) is 0.596. The predicted octanol–water partition coefficient (Wildman–Crippen LogP) is 2.21. The molecule has 0 aromatic heterocycles. The molecule has 0 bridgehead atoms. The molecule has 0 spiro atoms. The Morgan fingerprint density at radius 2 is 2.00 bits per heavy atom. The number of allylic oxidation sites excluding steroid dienone is 1. The van der Waals surface area contributed by atoms with Crippen molar-refractivity contribution in [3.05, 3.63) is 18.8 Å². The van der Waals surface area contributed by atoms with Crippen molar-refractivity contribution in [2.24, 2.45) is 0 Å². The van der Waals surface area contributed by atoms with Crippen LogP contribution in [0.25, 0.3) is 0 Å². The molecule has 3 nitrogen and oxygen atoms in total. The van der Waals surface area contributed by atoms with Gasteiger partial charge in [0.15, 0.2) is 0 Å². The smallest absolute Gasteiger partial charge is 0.309 e. The van der Waals surface area contributed by atoms with E-state index in [4.69, 9.17) is 0 Å². The van der Waals surface area contributed by atoms with Gasteiger partial charge in [0.2, 0.25) is 0 Å². The van der Waals surface area contributed by atoms with E-state index in [2.05, 4.69) is 16.0 Å². The molecule has 0 heterocycles. The minimum atomic E-state index is -2.92. The summed E-state index contributed by atoms with van der Waals surface area (Å²) in [6, 6.07) is 0. The first-order chi connectivity index (χ1) is 4.68. The van der Waals surface area contributed by atoms with Gasteiger partial charge in [-0.25, -0.2) is 0 Å². The Balaban J connectivity index is 4.07. The molecule has 0 atom stereocenters. The fraction of sp³-hybridized carbons (Fsp3) is 0.500. The topological polar surface area (TPSA) is 35.5 Å². The molecule has 0 amide bonds. The summed E-state index contributed by atoms with van der Waals surface area (Å²) in [6.07, 6.45) is 2.23. The molecular weight excluding hydrogens is 151 g/mol. The van der Waals surface area contributed by atoms with Gasteiger partial charge in [-0.3, -0.25) is 4.57 Å². The zero-order chi connectivity index (χ0) is 8.04. The van der Waals surface area contributed by atoms with Crippen molar-refractivity contribution in [2.45, 2.75) is 6.42 Å². The maximum Gasteiger partial charge on any atom is 0.353 e. The van der Waals surface area contributed by atoms with Gasteiger partial charge < -0.3 is 9.05 Å². The highest BCUT2D eigenvalue weighted by atomic mass is 31.2. The van der Waals surface area contributed by atoms with Crippen LogP contribution in [0.1, 0.15) is 6.42 Å². The van der Waals surface area contributed by atoms with Crippen LogP contribution in [0.5, 0.6) is 0 Å². The van der Waals surface area contributed by atoms with Crippen LogP contribution in [0.3, 0.4) is 0 Å². The third-order valence-electron chi connectivity index (χ3n) is 0.964. The maximum atomic E-state index is 11.2. The molecule has 0 aliphatic heterocycles. The lowest BCUT2D eigenvalue weighted by molar-refractivity contribution is 0.286. The molecule has 0 N–H and O–H groups in total. The molecule has 4 heteroatoms. The van der Waals surface area contributed by atoms with E-state index in [1.165, 1.54) is 20.0 Å². The lowest BCUT2D eigenvalue weighted by atomic mass is 10.5. The first kappa shape index (κ1) is 9.89. The normalized spacial score (nSPS) is 12.7. The summed E-state index contributed by atoms with van der Waals surface area (Å²) in [6.45, 7) is 3.54. The van der Waals surface area contributed by atoms with Crippen LogP contribution in [-0.2, 0) is 13.6 Å². The molecule has 0 aromatic rings. The van der Waals surface area contributed by atoms with Crippen molar-refractivity contribution in [1.82, 2.24) is 0 Å². The number of rotatable bonds is 4. The summed E-state index contributed by atoms with van der Waals surface area (Å²) in [5.74, 6) is 1.40. The van der Waals surface area contributed by atoms with E-state index < -0.39 is 7.60 Å². The van der Waals surface area contributed by atoms with Gasteiger partial charge in [0.25, 0.3) is 0 Å². The number of hydrogen-bond donors (Lipinski definition) is 0. The molecule has 1 radical (unpaired) electrons. The first-order valence-electron chi connectivity index (χ1n) is 2.86. The van der Waals surface area contributed by atoms with E-state index in [1.807, 2.05) is 0 Å². The van der Waals surface area contributed by atoms with Crippen LogP contribution in [0.2, 0.25) is 0 Å². The van der Waals surface area contributed by atoms with E-state index in [9.17, 15) is 4.57 Å². The van der Waals surface area contributed by atoms with Crippen molar-refractivity contribution < 1.29 is 13.6 Å². The largest absolute Gasteiger partial charge is 0.353 e. The Bertz CT molecular complexity index is 145. The van der Waals surface area contributed by atoms with Crippen molar-refractivity contribution >= 4 is 7.60 Å². The average molecular weight is 163 g/mol. The van der Waals surface area contributed by atoms with Gasteiger partial charge in [0.1, 0.15) is 0 Å². The van der Waals surface area contributed by atoms with E-state index in [0.29, 0.717) is 6.42 Å².